The number of para-hydroxylation sites is 1. The van der Waals surface area contributed by atoms with Gasteiger partial charge in [-0.05, 0) is 18.2 Å². The molecule has 3 aromatic rings. The molecule has 0 spiro atoms. The highest BCUT2D eigenvalue weighted by atomic mass is 16.5. The fourth-order valence-corrected chi connectivity index (χ4v) is 2.46. The van der Waals surface area contributed by atoms with E-state index in [0.29, 0.717) is 12.1 Å². The zero-order valence-corrected chi connectivity index (χ0v) is 11.6. The molecule has 0 unspecified atom stereocenters. The van der Waals surface area contributed by atoms with Gasteiger partial charge in [0.05, 0.1) is 19.2 Å². The van der Waals surface area contributed by atoms with Gasteiger partial charge in [0, 0.05) is 23.3 Å². The molecule has 5 nitrogen and oxygen atoms in total. The van der Waals surface area contributed by atoms with Crippen LogP contribution in [-0.4, -0.2) is 22.6 Å². The van der Waals surface area contributed by atoms with E-state index in [1.165, 1.54) is 0 Å². The Balaban J connectivity index is 2.11. The monoisotopic (exact) mass is 281 g/mol. The SMILES string of the molecule is COc1ccccc1Cn1cc(C(N)=O)c2cccnc21. The molecule has 2 N–H and O–H groups in total. The third-order valence-corrected chi connectivity index (χ3v) is 3.43. The third kappa shape index (κ3) is 2.33. The van der Waals surface area contributed by atoms with Gasteiger partial charge in [0.1, 0.15) is 11.4 Å². The van der Waals surface area contributed by atoms with Crippen LogP contribution in [0, 0.1) is 0 Å². The molecular weight excluding hydrogens is 266 g/mol. The second-order valence-corrected chi connectivity index (χ2v) is 4.72. The minimum atomic E-state index is -0.452. The molecular formula is C16H15N3O2. The Morgan fingerprint density at radius 1 is 1.29 bits per heavy atom. The Kier molecular flexibility index (Phi) is 3.31. The van der Waals surface area contributed by atoms with Crippen molar-refractivity contribution in [3.05, 3.63) is 59.9 Å². The van der Waals surface area contributed by atoms with Crippen LogP contribution in [0.1, 0.15) is 15.9 Å². The fraction of sp³-hybridized carbons (Fsp3) is 0.125. The minimum Gasteiger partial charge on any atom is -0.496 e. The summed E-state index contributed by atoms with van der Waals surface area (Å²) in [6, 6.07) is 11.4. The summed E-state index contributed by atoms with van der Waals surface area (Å²) in [4.78, 5) is 15.9. The molecule has 5 heteroatoms. The lowest BCUT2D eigenvalue weighted by Gasteiger charge is -2.09. The van der Waals surface area contributed by atoms with Crippen molar-refractivity contribution < 1.29 is 9.53 Å². The number of amides is 1. The van der Waals surface area contributed by atoms with Gasteiger partial charge in [0.25, 0.3) is 5.91 Å². The van der Waals surface area contributed by atoms with Crippen molar-refractivity contribution in [2.24, 2.45) is 5.73 Å². The van der Waals surface area contributed by atoms with Crippen molar-refractivity contribution in [1.82, 2.24) is 9.55 Å². The Labute approximate surface area is 122 Å². The quantitative estimate of drug-likeness (QED) is 0.797. The predicted molar refractivity (Wildman–Crippen MR) is 80.3 cm³/mol. The van der Waals surface area contributed by atoms with Crippen LogP contribution in [0.15, 0.2) is 48.8 Å². The standard InChI is InChI=1S/C16H15N3O2/c1-21-14-7-3-2-5-11(14)9-19-10-13(15(17)20)12-6-4-8-18-16(12)19/h2-8,10H,9H2,1H3,(H2,17,20). The number of primary amides is 1. The summed E-state index contributed by atoms with van der Waals surface area (Å²) in [5.74, 6) is 0.350. The second-order valence-electron chi connectivity index (χ2n) is 4.72. The lowest BCUT2D eigenvalue weighted by atomic mass is 10.2. The van der Waals surface area contributed by atoms with E-state index in [9.17, 15) is 4.79 Å². The Hall–Kier alpha value is -2.82. The number of nitrogens with zero attached hydrogens (tertiary/aromatic N) is 2. The molecule has 106 valence electrons. The minimum absolute atomic E-state index is 0.452. The predicted octanol–water partition coefficient (Wildman–Crippen LogP) is 2.19. The number of benzene rings is 1. The highest BCUT2D eigenvalue weighted by Gasteiger charge is 2.14. The first-order valence-corrected chi connectivity index (χ1v) is 6.56. The van der Waals surface area contributed by atoms with E-state index in [4.69, 9.17) is 10.5 Å². The van der Waals surface area contributed by atoms with Crippen LogP contribution in [0.5, 0.6) is 5.75 Å². The van der Waals surface area contributed by atoms with Crippen molar-refractivity contribution in [3.8, 4) is 5.75 Å². The molecule has 0 fully saturated rings. The molecule has 1 amide bonds. The van der Waals surface area contributed by atoms with Gasteiger partial charge >= 0.3 is 0 Å². The van der Waals surface area contributed by atoms with E-state index in [-0.39, 0.29) is 0 Å². The van der Waals surface area contributed by atoms with Crippen LogP contribution in [0.25, 0.3) is 11.0 Å². The summed E-state index contributed by atoms with van der Waals surface area (Å²) in [5, 5.41) is 0.764. The molecule has 0 saturated heterocycles. The largest absolute Gasteiger partial charge is 0.496 e. The van der Waals surface area contributed by atoms with Gasteiger partial charge in [0.15, 0.2) is 0 Å². The van der Waals surface area contributed by atoms with Gasteiger partial charge in [-0.3, -0.25) is 4.79 Å². The Morgan fingerprint density at radius 3 is 2.86 bits per heavy atom. The summed E-state index contributed by atoms with van der Waals surface area (Å²) in [6.45, 7) is 0.560. The average Bonchev–Trinajstić information content (AvgIpc) is 2.87. The maximum atomic E-state index is 11.6. The zero-order chi connectivity index (χ0) is 14.8. The van der Waals surface area contributed by atoms with E-state index in [2.05, 4.69) is 4.98 Å². The summed E-state index contributed by atoms with van der Waals surface area (Å²) in [7, 11) is 1.64. The van der Waals surface area contributed by atoms with Gasteiger partial charge in [-0.25, -0.2) is 4.98 Å². The maximum Gasteiger partial charge on any atom is 0.250 e. The summed E-state index contributed by atoms with van der Waals surface area (Å²) >= 11 is 0. The molecule has 0 aliphatic heterocycles. The van der Waals surface area contributed by atoms with E-state index in [0.717, 1.165) is 22.3 Å². The third-order valence-electron chi connectivity index (χ3n) is 3.43. The van der Waals surface area contributed by atoms with Crippen molar-refractivity contribution in [2.45, 2.75) is 6.54 Å². The van der Waals surface area contributed by atoms with E-state index >= 15 is 0 Å². The number of fused-ring (bicyclic) bond motifs is 1. The van der Waals surface area contributed by atoms with Crippen LogP contribution in [0.2, 0.25) is 0 Å². The summed E-state index contributed by atoms with van der Waals surface area (Å²) < 4.78 is 7.27. The van der Waals surface area contributed by atoms with Crippen LogP contribution in [0.3, 0.4) is 0 Å². The first-order valence-electron chi connectivity index (χ1n) is 6.56. The van der Waals surface area contributed by atoms with Crippen LogP contribution < -0.4 is 10.5 Å². The average molecular weight is 281 g/mol. The van der Waals surface area contributed by atoms with E-state index in [1.807, 2.05) is 34.9 Å². The number of carbonyl (C=O) groups is 1. The lowest BCUT2D eigenvalue weighted by Crippen LogP contribution is -2.10. The zero-order valence-electron chi connectivity index (χ0n) is 11.6. The molecule has 0 saturated carbocycles. The number of pyridine rings is 1. The van der Waals surface area contributed by atoms with Gasteiger partial charge in [0.2, 0.25) is 0 Å². The number of nitrogens with two attached hydrogens (primary N) is 1. The van der Waals surface area contributed by atoms with Crippen molar-refractivity contribution >= 4 is 16.9 Å². The molecule has 3 rings (SSSR count). The Bertz CT molecular complexity index is 808. The highest BCUT2D eigenvalue weighted by molar-refractivity contribution is 6.05. The van der Waals surface area contributed by atoms with Crippen molar-refractivity contribution in [3.63, 3.8) is 0 Å². The molecule has 0 bridgehead atoms. The van der Waals surface area contributed by atoms with Crippen LogP contribution in [0.4, 0.5) is 0 Å². The molecule has 2 heterocycles. The Morgan fingerprint density at radius 2 is 2.10 bits per heavy atom. The molecule has 0 aliphatic rings. The van der Waals surface area contributed by atoms with Crippen molar-refractivity contribution in [1.29, 1.82) is 0 Å². The molecule has 1 aromatic carbocycles. The van der Waals surface area contributed by atoms with Crippen LogP contribution in [-0.2, 0) is 6.54 Å². The fourth-order valence-electron chi connectivity index (χ4n) is 2.46. The number of ether oxygens (including phenoxy) is 1. The van der Waals surface area contributed by atoms with E-state index < -0.39 is 5.91 Å². The number of carbonyl (C=O) groups excluding carboxylic acids is 1. The van der Waals surface area contributed by atoms with Gasteiger partial charge in [-0.2, -0.15) is 0 Å². The molecule has 0 aliphatic carbocycles. The first kappa shape index (κ1) is 13.2. The topological polar surface area (TPSA) is 70.1 Å². The normalized spacial score (nSPS) is 10.7. The van der Waals surface area contributed by atoms with Gasteiger partial charge in [-0.15, -0.1) is 0 Å². The molecule has 0 atom stereocenters. The number of rotatable bonds is 4. The van der Waals surface area contributed by atoms with Crippen molar-refractivity contribution in [2.75, 3.05) is 7.11 Å². The second kappa shape index (κ2) is 5.28. The lowest BCUT2D eigenvalue weighted by molar-refractivity contribution is 0.100. The van der Waals surface area contributed by atoms with Gasteiger partial charge in [-0.1, -0.05) is 18.2 Å². The smallest absolute Gasteiger partial charge is 0.250 e. The number of methoxy groups -OCH3 is 1. The molecule has 21 heavy (non-hydrogen) atoms. The molecule has 2 aromatic heterocycles. The highest BCUT2D eigenvalue weighted by Crippen LogP contribution is 2.23. The summed E-state index contributed by atoms with van der Waals surface area (Å²) in [5.41, 5.74) is 7.66. The maximum absolute atomic E-state index is 11.6. The number of hydrogen-bond donors (Lipinski definition) is 1. The van der Waals surface area contributed by atoms with E-state index in [1.54, 1.807) is 25.6 Å². The molecule has 0 radical (unpaired) electrons. The summed E-state index contributed by atoms with van der Waals surface area (Å²) in [6.07, 6.45) is 3.44. The number of hydrogen-bond acceptors (Lipinski definition) is 3. The number of aromatic nitrogens is 2. The van der Waals surface area contributed by atoms with Gasteiger partial charge < -0.3 is 15.0 Å². The first-order chi connectivity index (χ1) is 10.2. The van der Waals surface area contributed by atoms with Crippen LogP contribution >= 0.6 is 0 Å².